The summed E-state index contributed by atoms with van der Waals surface area (Å²) in [6.07, 6.45) is 0. The molecule has 1 heterocycles. The lowest BCUT2D eigenvalue weighted by atomic mass is 10.2. The molecule has 0 aliphatic rings. The number of ether oxygens (including phenoxy) is 1. The number of amides is 1. The number of hydrogen-bond donors (Lipinski definition) is 1. The van der Waals surface area contributed by atoms with Crippen LogP contribution in [0.1, 0.15) is 20.9 Å². The molecule has 144 valence electrons. The first kappa shape index (κ1) is 19.7. The van der Waals surface area contributed by atoms with Crippen LogP contribution < -0.4 is 5.32 Å². The Bertz CT molecular complexity index is 1140. The van der Waals surface area contributed by atoms with Crippen LogP contribution in [-0.4, -0.2) is 27.4 Å². The number of anilines is 1. The first-order valence-electron chi connectivity index (χ1n) is 7.92. The van der Waals surface area contributed by atoms with Crippen LogP contribution in [-0.2, 0) is 14.6 Å². The minimum atomic E-state index is -3.95. The molecule has 1 amide bonds. The van der Waals surface area contributed by atoms with E-state index in [1.54, 1.807) is 12.1 Å². The molecule has 9 heteroatoms. The Labute approximate surface area is 165 Å². The number of rotatable bonds is 5. The Hall–Kier alpha value is -3.10. The number of carbonyl (C=O) groups is 2. The van der Waals surface area contributed by atoms with E-state index in [0.29, 0.717) is 5.02 Å². The van der Waals surface area contributed by atoms with Gasteiger partial charge < -0.3 is 14.5 Å². The minimum Gasteiger partial charge on any atom is -0.465 e. The highest BCUT2D eigenvalue weighted by atomic mass is 35.5. The molecule has 0 saturated heterocycles. The second kappa shape index (κ2) is 7.87. The number of nitrogens with one attached hydrogen (secondary N) is 1. The van der Waals surface area contributed by atoms with Crippen molar-refractivity contribution >= 4 is 39.0 Å². The molecule has 7 nitrogen and oxygen atoms in total. The average Bonchev–Trinajstić information content (AvgIpc) is 3.19. The van der Waals surface area contributed by atoms with Crippen molar-refractivity contribution in [3.63, 3.8) is 0 Å². The van der Waals surface area contributed by atoms with Crippen molar-refractivity contribution in [2.45, 2.75) is 9.99 Å². The average molecular weight is 420 g/mol. The van der Waals surface area contributed by atoms with E-state index in [4.69, 9.17) is 16.0 Å². The Balaban J connectivity index is 1.86. The van der Waals surface area contributed by atoms with Crippen LogP contribution in [0.25, 0.3) is 0 Å². The number of carbonyl (C=O) groups excluding carboxylic acids is 2. The van der Waals surface area contributed by atoms with Crippen molar-refractivity contribution in [3.8, 4) is 0 Å². The van der Waals surface area contributed by atoms with Gasteiger partial charge in [0.2, 0.25) is 14.9 Å². The number of hydrogen-bond acceptors (Lipinski definition) is 6. The van der Waals surface area contributed by atoms with E-state index in [2.05, 4.69) is 10.1 Å². The molecule has 0 spiro atoms. The molecule has 0 saturated carbocycles. The number of furan rings is 1. The first-order chi connectivity index (χ1) is 13.3. The van der Waals surface area contributed by atoms with E-state index in [9.17, 15) is 18.0 Å². The van der Waals surface area contributed by atoms with Crippen LogP contribution in [0.15, 0.2) is 75.1 Å². The molecule has 28 heavy (non-hydrogen) atoms. The fraction of sp³-hybridized carbons (Fsp3) is 0.0526. The molecule has 0 atom stereocenters. The van der Waals surface area contributed by atoms with Crippen molar-refractivity contribution in [2.75, 3.05) is 12.4 Å². The highest BCUT2D eigenvalue weighted by molar-refractivity contribution is 7.91. The molecular weight excluding hydrogens is 406 g/mol. The summed E-state index contributed by atoms with van der Waals surface area (Å²) in [5.41, 5.74) is 0.358. The van der Waals surface area contributed by atoms with Gasteiger partial charge in [0.15, 0.2) is 5.76 Å². The van der Waals surface area contributed by atoms with Gasteiger partial charge in [-0.3, -0.25) is 4.79 Å². The van der Waals surface area contributed by atoms with E-state index in [0.717, 1.165) is 0 Å². The van der Waals surface area contributed by atoms with Gasteiger partial charge in [-0.1, -0.05) is 23.7 Å². The monoisotopic (exact) mass is 419 g/mol. The van der Waals surface area contributed by atoms with Gasteiger partial charge in [0.1, 0.15) is 0 Å². The number of benzene rings is 2. The maximum atomic E-state index is 12.6. The van der Waals surface area contributed by atoms with Crippen LogP contribution in [0.4, 0.5) is 5.69 Å². The summed E-state index contributed by atoms with van der Waals surface area (Å²) in [4.78, 5) is 24.2. The maximum Gasteiger partial charge on any atom is 0.339 e. The fourth-order valence-electron chi connectivity index (χ4n) is 2.38. The highest BCUT2D eigenvalue weighted by Gasteiger charge is 2.24. The zero-order valence-corrected chi connectivity index (χ0v) is 16.1. The summed E-state index contributed by atoms with van der Waals surface area (Å²) in [6, 6.07) is 14.2. The van der Waals surface area contributed by atoms with Crippen molar-refractivity contribution in [3.05, 3.63) is 77.0 Å². The predicted molar refractivity (Wildman–Crippen MR) is 101 cm³/mol. The van der Waals surface area contributed by atoms with E-state index in [1.165, 1.54) is 55.6 Å². The van der Waals surface area contributed by atoms with Gasteiger partial charge in [-0.05, 0) is 48.5 Å². The summed E-state index contributed by atoms with van der Waals surface area (Å²) in [5.74, 6) is -1.57. The third-order valence-corrected chi connectivity index (χ3v) is 5.67. The molecule has 1 N–H and O–H groups in total. The molecule has 0 fully saturated rings. The standard InChI is InChI=1S/C19H14ClNO6S/c1-26-19(23)14-4-2-3-5-15(14)21-18(22)16-10-11-17(27-16)28(24,25)13-8-6-12(20)7-9-13/h2-11H,1H3,(H,21,22). The summed E-state index contributed by atoms with van der Waals surface area (Å²) in [6.45, 7) is 0. The third-order valence-electron chi connectivity index (χ3n) is 3.77. The number of methoxy groups -OCH3 is 1. The molecule has 3 aromatic rings. The molecule has 3 rings (SSSR count). The van der Waals surface area contributed by atoms with Crippen molar-refractivity contribution in [2.24, 2.45) is 0 Å². The lowest BCUT2D eigenvalue weighted by Gasteiger charge is -2.08. The molecule has 2 aromatic carbocycles. The molecule has 0 bridgehead atoms. The topological polar surface area (TPSA) is 103 Å². The molecule has 1 aromatic heterocycles. The fourth-order valence-corrected chi connectivity index (χ4v) is 3.68. The number of para-hydroxylation sites is 1. The minimum absolute atomic E-state index is 0.0192. The molecular formula is C19H14ClNO6S. The molecule has 0 aliphatic heterocycles. The Morgan fingerprint density at radius 2 is 1.68 bits per heavy atom. The number of halogens is 1. The predicted octanol–water partition coefficient (Wildman–Crippen LogP) is 3.80. The molecule has 0 aliphatic carbocycles. The Kier molecular flexibility index (Phi) is 5.53. The second-order valence-corrected chi connectivity index (χ2v) is 7.88. The molecule has 0 unspecified atom stereocenters. The van der Waals surface area contributed by atoms with Crippen molar-refractivity contribution < 1.29 is 27.2 Å². The van der Waals surface area contributed by atoms with Gasteiger partial charge in [-0.15, -0.1) is 0 Å². The Morgan fingerprint density at radius 3 is 2.36 bits per heavy atom. The SMILES string of the molecule is COC(=O)c1ccccc1NC(=O)c1ccc(S(=O)(=O)c2ccc(Cl)cc2)o1. The molecule has 0 radical (unpaired) electrons. The van der Waals surface area contributed by atoms with Crippen LogP contribution in [0.2, 0.25) is 5.02 Å². The quantitative estimate of drug-likeness (QED) is 0.631. The van der Waals surface area contributed by atoms with Gasteiger partial charge in [0.25, 0.3) is 5.91 Å². The van der Waals surface area contributed by atoms with Gasteiger partial charge in [0, 0.05) is 5.02 Å². The smallest absolute Gasteiger partial charge is 0.339 e. The van der Waals surface area contributed by atoms with Crippen LogP contribution >= 0.6 is 11.6 Å². The largest absolute Gasteiger partial charge is 0.465 e. The van der Waals surface area contributed by atoms with Crippen molar-refractivity contribution in [1.82, 2.24) is 0 Å². The number of sulfone groups is 1. The number of esters is 1. The third kappa shape index (κ3) is 3.92. The van der Waals surface area contributed by atoms with Gasteiger partial charge in [0.05, 0.1) is 23.3 Å². The highest BCUT2D eigenvalue weighted by Crippen LogP contribution is 2.25. The van der Waals surface area contributed by atoms with E-state index >= 15 is 0 Å². The zero-order chi connectivity index (χ0) is 20.3. The van der Waals surface area contributed by atoms with Crippen LogP contribution in [0, 0.1) is 0 Å². The summed E-state index contributed by atoms with van der Waals surface area (Å²) < 4.78 is 35.1. The van der Waals surface area contributed by atoms with Gasteiger partial charge in [-0.25, -0.2) is 13.2 Å². The van der Waals surface area contributed by atoms with Crippen molar-refractivity contribution in [1.29, 1.82) is 0 Å². The van der Waals surface area contributed by atoms with E-state index in [-0.39, 0.29) is 27.0 Å². The second-order valence-electron chi connectivity index (χ2n) is 5.57. The lowest BCUT2D eigenvalue weighted by molar-refractivity contribution is 0.0602. The first-order valence-corrected chi connectivity index (χ1v) is 9.78. The maximum absolute atomic E-state index is 12.6. The summed E-state index contributed by atoms with van der Waals surface area (Å²) in [7, 11) is -2.72. The van der Waals surface area contributed by atoms with Gasteiger partial charge in [-0.2, -0.15) is 0 Å². The normalized spacial score (nSPS) is 11.1. The summed E-state index contributed by atoms with van der Waals surface area (Å²) in [5, 5.41) is 2.51. The van der Waals surface area contributed by atoms with Gasteiger partial charge >= 0.3 is 5.97 Å². The van der Waals surface area contributed by atoms with Crippen LogP contribution in [0.3, 0.4) is 0 Å². The Morgan fingerprint density at radius 1 is 1.00 bits per heavy atom. The van der Waals surface area contributed by atoms with Crippen LogP contribution in [0.5, 0.6) is 0 Å². The van der Waals surface area contributed by atoms with E-state index in [1.807, 2.05) is 0 Å². The van der Waals surface area contributed by atoms with E-state index < -0.39 is 21.7 Å². The summed E-state index contributed by atoms with van der Waals surface area (Å²) >= 11 is 5.77. The lowest BCUT2D eigenvalue weighted by Crippen LogP contribution is -2.14. The zero-order valence-electron chi connectivity index (χ0n) is 14.5.